The number of halogens is 1. The highest BCUT2D eigenvalue weighted by molar-refractivity contribution is 6.31. The van der Waals surface area contributed by atoms with Crippen molar-refractivity contribution >= 4 is 11.6 Å². The molecular weight excluding hydrogens is 268 g/mol. The van der Waals surface area contributed by atoms with Crippen molar-refractivity contribution in [2.45, 2.75) is 57.7 Å². The molecule has 0 radical (unpaired) electrons. The molecule has 2 atom stereocenters. The molecule has 0 amide bonds. The minimum absolute atomic E-state index is 0.564. The van der Waals surface area contributed by atoms with Gasteiger partial charge in [0.15, 0.2) is 0 Å². The van der Waals surface area contributed by atoms with Crippen LogP contribution in [0.5, 0.6) is 0 Å². The van der Waals surface area contributed by atoms with Crippen molar-refractivity contribution in [3.05, 3.63) is 34.3 Å². The van der Waals surface area contributed by atoms with Crippen LogP contribution in [-0.4, -0.2) is 17.5 Å². The van der Waals surface area contributed by atoms with Crippen LogP contribution in [0.2, 0.25) is 5.02 Å². The zero-order valence-corrected chi connectivity index (χ0v) is 12.9. The highest BCUT2D eigenvalue weighted by atomic mass is 35.5. The second-order valence-corrected chi connectivity index (χ2v) is 6.76. The number of nitrogens with zero attached hydrogens (tertiary/aromatic N) is 1. The molecule has 0 aromatic heterocycles. The first kappa shape index (κ1) is 14.4. The molecule has 2 aliphatic rings. The van der Waals surface area contributed by atoms with Gasteiger partial charge in [-0.2, -0.15) is 0 Å². The Morgan fingerprint density at radius 3 is 2.75 bits per heavy atom. The van der Waals surface area contributed by atoms with Crippen LogP contribution in [0.15, 0.2) is 18.2 Å². The summed E-state index contributed by atoms with van der Waals surface area (Å²) in [6, 6.07) is 7.10. The summed E-state index contributed by atoms with van der Waals surface area (Å²) >= 11 is 6.42. The molecule has 2 N–H and O–H groups in total. The predicted octanol–water partition coefficient (Wildman–Crippen LogP) is 3.95. The molecule has 1 aliphatic carbocycles. The van der Waals surface area contributed by atoms with Crippen molar-refractivity contribution in [2.75, 3.05) is 6.54 Å². The molecule has 1 aliphatic heterocycles. The third-order valence-electron chi connectivity index (χ3n) is 5.08. The summed E-state index contributed by atoms with van der Waals surface area (Å²) in [7, 11) is 0. The lowest BCUT2D eigenvalue weighted by Gasteiger charge is -2.44. The highest BCUT2D eigenvalue weighted by Crippen LogP contribution is 2.36. The van der Waals surface area contributed by atoms with E-state index >= 15 is 0 Å². The van der Waals surface area contributed by atoms with Gasteiger partial charge in [0, 0.05) is 24.2 Å². The third kappa shape index (κ3) is 3.03. The molecule has 1 saturated heterocycles. The smallest absolute Gasteiger partial charge is 0.0454 e. The monoisotopic (exact) mass is 292 g/mol. The maximum Gasteiger partial charge on any atom is 0.0454 e. The van der Waals surface area contributed by atoms with Crippen LogP contribution in [-0.2, 0) is 13.1 Å². The van der Waals surface area contributed by atoms with Gasteiger partial charge in [-0.15, -0.1) is 0 Å². The largest absolute Gasteiger partial charge is 0.326 e. The van der Waals surface area contributed by atoms with E-state index in [1.165, 1.54) is 50.6 Å². The van der Waals surface area contributed by atoms with E-state index in [-0.39, 0.29) is 0 Å². The Hall–Kier alpha value is -0.570. The fraction of sp³-hybridized carbons (Fsp3) is 0.647. The molecule has 0 spiro atoms. The van der Waals surface area contributed by atoms with Gasteiger partial charge in [0.25, 0.3) is 0 Å². The SMILES string of the molecule is NCc1ccc(CN2CCC[C@H]3CCCC[C@H]32)c(Cl)c1. The van der Waals surface area contributed by atoms with Crippen LogP contribution in [0.1, 0.15) is 49.7 Å². The second kappa shape index (κ2) is 6.46. The van der Waals surface area contributed by atoms with E-state index in [9.17, 15) is 0 Å². The average molecular weight is 293 g/mol. The number of hydrogen-bond donors (Lipinski definition) is 1. The number of fused-ring (bicyclic) bond motifs is 1. The van der Waals surface area contributed by atoms with Crippen LogP contribution >= 0.6 is 11.6 Å². The maximum atomic E-state index is 6.42. The lowest BCUT2D eigenvalue weighted by molar-refractivity contribution is 0.0547. The molecular formula is C17H25ClN2. The number of nitrogens with two attached hydrogens (primary N) is 1. The summed E-state index contributed by atoms with van der Waals surface area (Å²) in [4.78, 5) is 2.68. The summed E-state index contributed by atoms with van der Waals surface area (Å²) in [6.07, 6.45) is 8.42. The average Bonchev–Trinajstić information content (AvgIpc) is 2.49. The molecule has 2 nitrogen and oxygen atoms in total. The quantitative estimate of drug-likeness (QED) is 0.914. The van der Waals surface area contributed by atoms with Crippen molar-refractivity contribution in [1.82, 2.24) is 4.90 Å². The van der Waals surface area contributed by atoms with Crippen molar-refractivity contribution in [2.24, 2.45) is 11.7 Å². The molecule has 1 aromatic rings. The Morgan fingerprint density at radius 2 is 1.95 bits per heavy atom. The number of hydrogen-bond acceptors (Lipinski definition) is 2. The number of rotatable bonds is 3. The van der Waals surface area contributed by atoms with Gasteiger partial charge in [0.2, 0.25) is 0 Å². The minimum atomic E-state index is 0.564. The normalized spacial score (nSPS) is 27.3. The molecule has 0 bridgehead atoms. The Bertz CT molecular complexity index is 458. The third-order valence-corrected chi connectivity index (χ3v) is 5.44. The maximum absolute atomic E-state index is 6.42. The van der Waals surface area contributed by atoms with Gasteiger partial charge in [-0.1, -0.05) is 36.6 Å². The number of likely N-dealkylation sites (tertiary alicyclic amines) is 1. The van der Waals surface area contributed by atoms with Gasteiger partial charge in [0.1, 0.15) is 0 Å². The van der Waals surface area contributed by atoms with Gasteiger partial charge in [-0.25, -0.2) is 0 Å². The molecule has 0 unspecified atom stereocenters. The molecule has 3 rings (SSSR count). The summed E-state index contributed by atoms with van der Waals surface area (Å²) in [5, 5.41) is 0.880. The topological polar surface area (TPSA) is 29.3 Å². The van der Waals surface area contributed by atoms with E-state index in [1.54, 1.807) is 0 Å². The van der Waals surface area contributed by atoms with Crippen LogP contribution in [0.4, 0.5) is 0 Å². The van der Waals surface area contributed by atoms with Crippen molar-refractivity contribution in [3.63, 3.8) is 0 Å². The zero-order valence-electron chi connectivity index (χ0n) is 12.2. The van der Waals surface area contributed by atoms with E-state index in [2.05, 4.69) is 17.0 Å². The lowest BCUT2D eigenvalue weighted by Crippen LogP contribution is -2.46. The molecule has 110 valence electrons. The van der Waals surface area contributed by atoms with Gasteiger partial charge in [-0.3, -0.25) is 4.90 Å². The summed E-state index contributed by atoms with van der Waals surface area (Å²) in [5.74, 6) is 0.930. The predicted molar refractivity (Wildman–Crippen MR) is 84.7 cm³/mol. The fourth-order valence-corrected chi connectivity index (χ4v) is 4.25. The van der Waals surface area contributed by atoms with Gasteiger partial charge in [0.05, 0.1) is 0 Å². The molecule has 1 heterocycles. The second-order valence-electron chi connectivity index (χ2n) is 6.35. The van der Waals surface area contributed by atoms with Crippen LogP contribution in [0, 0.1) is 5.92 Å². The van der Waals surface area contributed by atoms with Gasteiger partial charge in [-0.05, 0) is 55.3 Å². The zero-order chi connectivity index (χ0) is 13.9. The first-order chi connectivity index (χ1) is 9.78. The van der Waals surface area contributed by atoms with Crippen molar-refractivity contribution in [3.8, 4) is 0 Å². The molecule has 3 heteroatoms. The van der Waals surface area contributed by atoms with E-state index in [0.29, 0.717) is 6.54 Å². The number of benzene rings is 1. The Kier molecular flexibility index (Phi) is 4.65. The van der Waals surface area contributed by atoms with Crippen LogP contribution in [0.25, 0.3) is 0 Å². The van der Waals surface area contributed by atoms with Gasteiger partial charge < -0.3 is 5.73 Å². The van der Waals surface area contributed by atoms with Crippen molar-refractivity contribution < 1.29 is 0 Å². The van der Waals surface area contributed by atoms with Crippen LogP contribution < -0.4 is 5.73 Å². The van der Waals surface area contributed by atoms with Gasteiger partial charge >= 0.3 is 0 Å². The standard InChI is InChI=1S/C17H25ClN2/c18-16-10-13(11-19)7-8-15(16)12-20-9-3-5-14-4-1-2-6-17(14)20/h7-8,10,14,17H,1-6,9,11-12,19H2/t14-,17-/m1/s1. The first-order valence-electron chi connectivity index (χ1n) is 7.99. The Morgan fingerprint density at radius 1 is 1.15 bits per heavy atom. The Balaban J connectivity index is 1.72. The lowest BCUT2D eigenvalue weighted by atomic mass is 9.78. The van der Waals surface area contributed by atoms with E-state index in [0.717, 1.165) is 29.1 Å². The Labute approximate surface area is 127 Å². The van der Waals surface area contributed by atoms with E-state index in [1.807, 2.05) is 6.07 Å². The van der Waals surface area contributed by atoms with Crippen molar-refractivity contribution in [1.29, 1.82) is 0 Å². The molecule has 1 aromatic carbocycles. The minimum Gasteiger partial charge on any atom is -0.326 e. The van der Waals surface area contributed by atoms with E-state index < -0.39 is 0 Å². The number of piperidine rings is 1. The highest BCUT2D eigenvalue weighted by Gasteiger charge is 2.33. The summed E-state index contributed by atoms with van der Waals surface area (Å²) in [5.41, 5.74) is 8.05. The first-order valence-corrected chi connectivity index (χ1v) is 8.37. The summed E-state index contributed by atoms with van der Waals surface area (Å²) < 4.78 is 0. The van der Waals surface area contributed by atoms with Crippen LogP contribution in [0.3, 0.4) is 0 Å². The molecule has 20 heavy (non-hydrogen) atoms. The fourth-order valence-electron chi connectivity index (χ4n) is 3.99. The molecule has 2 fully saturated rings. The summed E-state index contributed by atoms with van der Waals surface area (Å²) in [6.45, 7) is 2.80. The molecule has 1 saturated carbocycles. The van der Waals surface area contributed by atoms with E-state index in [4.69, 9.17) is 17.3 Å².